The Bertz CT molecular complexity index is 147. The van der Waals surface area contributed by atoms with Crippen molar-refractivity contribution >= 4 is 5.78 Å². The van der Waals surface area contributed by atoms with Crippen molar-refractivity contribution in [1.82, 2.24) is 0 Å². The lowest BCUT2D eigenvalue weighted by atomic mass is 9.95. The van der Waals surface area contributed by atoms with Crippen molar-refractivity contribution < 1.29 is 9.53 Å². The fourth-order valence-corrected chi connectivity index (χ4v) is 1.48. The number of ketones is 1. The number of hydrogen-bond acceptors (Lipinski definition) is 3. The molecule has 2 unspecified atom stereocenters. The summed E-state index contributed by atoms with van der Waals surface area (Å²) in [7, 11) is 0. The Balaban J connectivity index is 2.39. The topological polar surface area (TPSA) is 52.3 Å². The van der Waals surface area contributed by atoms with E-state index in [1.54, 1.807) is 0 Å². The molecule has 1 saturated heterocycles. The number of rotatable bonds is 3. The molecular weight excluding hydrogens is 142 g/mol. The molecule has 0 aromatic rings. The van der Waals surface area contributed by atoms with E-state index in [0.29, 0.717) is 13.0 Å². The van der Waals surface area contributed by atoms with Gasteiger partial charge in [0.15, 0.2) is 0 Å². The van der Waals surface area contributed by atoms with Gasteiger partial charge in [0, 0.05) is 18.9 Å². The number of hydrogen-bond donors (Lipinski definition) is 1. The van der Waals surface area contributed by atoms with Crippen molar-refractivity contribution in [3.63, 3.8) is 0 Å². The Morgan fingerprint density at radius 2 is 2.45 bits per heavy atom. The summed E-state index contributed by atoms with van der Waals surface area (Å²) in [6.07, 6.45) is 1.48. The first-order valence-electron chi connectivity index (χ1n) is 4.10. The van der Waals surface area contributed by atoms with Crippen LogP contribution in [0.1, 0.15) is 19.8 Å². The second-order valence-electron chi connectivity index (χ2n) is 2.98. The van der Waals surface area contributed by atoms with Gasteiger partial charge < -0.3 is 10.5 Å². The standard InChI is InChI=1S/C8H15NO2/c1-6-7(3-5-11-6)8(10)2-4-9/h6-7H,2-5,9H2,1H3. The number of ether oxygens (including phenoxy) is 1. The Morgan fingerprint density at radius 3 is 2.91 bits per heavy atom. The molecule has 0 aliphatic carbocycles. The quantitative estimate of drug-likeness (QED) is 0.642. The van der Waals surface area contributed by atoms with Crippen LogP contribution in [0.3, 0.4) is 0 Å². The smallest absolute Gasteiger partial charge is 0.139 e. The third-order valence-electron chi connectivity index (χ3n) is 2.18. The fourth-order valence-electron chi connectivity index (χ4n) is 1.48. The molecule has 1 rings (SSSR count). The summed E-state index contributed by atoms with van der Waals surface area (Å²) in [6.45, 7) is 3.14. The molecule has 0 bridgehead atoms. The van der Waals surface area contributed by atoms with Crippen molar-refractivity contribution in [3.05, 3.63) is 0 Å². The lowest BCUT2D eigenvalue weighted by molar-refractivity contribution is -0.123. The summed E-state index contributed by atoms with van der Waals surface area (Å²) in [4.78, 5) is 11.3. The predicted molar refractivity (Wildman–Crippen MR) is 42.2 cm³/mol. The van der Waals surface area contributed by atoms with Crippen LogP contribution in [0.5, 0.6) is 0 Å². The van der Waals surface area contributed by atoms with E-state index in [9.17, 15) is 4.79 Å². The first-order chi connectivity index (χ1) is 5.25. The number of carbonyl (C=O) groups is 1. The molecule has 0 aromatic heterocycles. The highest BCUT2D eigenvalue weighted by Gasteiger charge is 2.29. The third-order valence-corrected chi connectivity index (χ3v) is 2.18. The van der Waals surface area contributed by atoms with Crippen LogP contribution in [0.4, 0.5) is 0 Å². The minimum Gasteiger partial charge on any atom is -0.378 e. The van der Waals surface area contributed by atoms with Crippen LogP contribution in [0, 0.1) is 5.92 Å². The molecule has 0 radical (unpaired) electrons. The molecule has 2 atom stereocenters. The van der Waals surface area contributed by atoms with Crippen molar-refractivity contribution in [3.8, 4) is 0 Å². The van der Waals surface area contributed by atoms with Crippen LogP contribution in [0.2, 0.25) is 0 Å². The van der Waals surface area contributed by atoms with Crippen LogP contribution in [0.15, 0.2) is 0 Å². The van der Waals surface area contributed by atoms with Crippen LogP contribution in [-0.2, 0) is 9.53 Å². The Hall–Kier alpha value is -0.410. The number of nitrogens with two attached hydrogens (primary N) is 1. The van der Waals surface area contributed by atoms with Crippen molar-refractivity contribution in [2.75, 3.05) is 13.2 Å². The molecule has 64 valence electrons. The van der Waals surface area contributed by atoms with Gasteiger partial charge in [0.05, 0.1) is 6.10 Å². The van der Waals surface area contributed by atoms with Gasteiger partial charge in [0.25, 0.3) is 0 Å². The molecule has 0 saturated carbocycles. The van der Waals surface area contributed by atoms with E-state index in [1.807, 2.05) is 6.92 Å². The van der Waals surface area contributed by atoms with Crippen LogP contribution in [-0.4, -0.2) is 25.0 Å². The van der Waals surface area contributed by atoms with E-state index in [-0.39, 0.29) is 17.8 Å². The van der Waals surface area contributed by atoms with Gasteiger partial charge in [0.1, 0.15) is 5.78 Å². The van der Waals surface area contributed by atoms with Crippen LogP contribution in [0.25, 0.3) is 0 Å². The molecule has 0 spiro atoms. The Morgan fingerprint density at radius 1 is 1.73 bits per heavy atom. The van der Waals surface area contributed by atoms with E-state index < -0.39 is 0 Å². The largest absolute Gasteiger partial charge is 0.378 e. The Labute approximate surface area is 66.9 Å². The zero-order valence-corrected chi connectivity index (χ0v) is 6.88. The highest BCUT2D eigenvalue weighted by atomic mass is 16.5. The van der Waals surface area contributed by atoms with Crippen molar-refractivity contribution in [2.45, 2.75) is 25.9 Å². The van der Waals surface area contributed by atoms with Gasteiger partial charge in [-0.15, -0.1) is 0 Å². The fraction of sp³-hybridized carbons (Fsp3) is 0.875. The molecule has 1 fully saturated rings. The van der Waals surface area contributed by atoms with Crippen molar-refractivity contribution in [1.29, 1.82) is 0 Å². The first-order valence-corrected chi connectivity index (χ1v) is 4.10. The number of carbonyl (C=O) groups excluding carboxylic acids is 1. The van der Waals surface area contributed by atoms with Gasteiger partial charge in [-0.25, -0.2) is 0 Å². The van der Waals surface area contributed by atoms with Gasteiger partial charge in [-0.05, 0) is 19.9 Å². The highest BCUT2D eigenvalue weighted by Crippen LogP contribution is 2.21. The molecule has 1 aliphatic heterocycles. The third kappa shape index (κ3) is 2.01. The highest BCUT2D eigenvalue weighted by molar-refractivity contribution is 5.81. The van der Waals surface area contributed by atoms with E-state index in [2.05, 4.69) is 0 Å². The molecule has 3 heteroatoms. The van der Waals surface area contributed by atoms with E-state index >= 15 is 0 Å². The molecule has 3 nitrogen and oxygen atoms in total. The molecule has 0 amide bonds. The van der Waals surface area contributed by atoms with Gasteiger partial charge >= 0.3 is 0 Å². The van der Waals surface area contributed by atoms with Crippen LogP contribution < -0.4 is 5.73 Å². The molecule has 0 aromatic carbocycles. The van der Waals surface area contributed by atoms with E-state index in [4.69, 9.17) is 10.5 Å². The normalized spacial score (nSPS) is 30.7. The lowest BCUT2D eigenvalue weighted by Crippen LogP contribution is -2.23. The second-order valence-corrected chi connectivity index (χ2v) is 2.98. The molecule has 1 heterocycles. The second kappa shape index (κ2) is 3.83. The van der Waals surface area contributed by atoms with Gasteiger partial charge in [-0.3, -0.25) is 4.79 Å². The predicted octanol–water partition coefficient (Wildman–Crippen LogP) is 0.329. The average Bonchev–Trinajstić information content (AvgIpc) is 2.36. The molecule has 1 aliphatic rings. The van der Waals surface area contributed by atoms with Crippen molar-refractivity contribution in [2.24, 2.45) is 11.7 Å². The van der Waals surface area contributed by atoms with Gasteiger partial charge in [-0.1, -0.05) is 0 Å². The summed E-state index contributed by atoms with van der Waals surface area (Å²) in [5.41, 5.74) is 5.28. The Kier molecular flexibility index (Phi) is 3.02. The van der Waals surface area contributed by atoms with Gasteiger partial charge in [-0.2, -0.15) is 0 Å². The summed E-state index contributed by atoms with van der Waals surface area (Å²) in [5.74, 6) is 0.371. The minimum atomic E-state index is 0.106. The monoisotopic (exact) mass is 157 g/mol. The first kappa shape index (κ1) is 8.68. The van der Waals surface area contributed by atoms with Gasteiger partial charge in [0.2, 0.25) is 0 Å². The molecule has 2 N–H and O–H groups in total. The summed E-state index contributed by atoms with van der Waals surface area (Å²) in [5, 5.41) is 0. The summed E-state index contributed by atoms with van der Waals surface area (Å²) in [6, 6.07) is 0. The maximum Gasteiger partial charge on any atom is 0.139 e. The number of Topliss-reactive ketones (excluding diaryl/α,β-unsaturated/α-hetero) is 1. The van der Waals surface area contributed by atoms with E-state index in [1.165, 1.54) is 0 Å². The zero-order chi connectivity index (χ0) is 8.27. The molecular formula is C8H15NO2. The SMILES string of the molecule is CC1OCCC1C(=O)CCN. The molecule has 11 heavy (non-hydrogen) atoms. The maximum atomic E-state index is 11.3. The average molecular weight is 157 g/mol. The summed E-state index contributed by atoms with van der Waals surface area (Å²) < 4.78 is 5.27. The maximum absolute atomic E-state index is 11.3. The zero-order valence-electron chi connectivity index (χ0n) is 6.88. The minimum absolute atomic E-state index is 0.106. The van der Waals surface area contributed by atoms with E-state index in [0.717, 1.165) is 13.0 Å². The summed E-state index contributed by atoms with van der Waals surface area (Å²) >= 11 is 0. The lowest BCUT2D eigenvalue weighted by Gasteiger charge is -2.11. The van der Waals surface area contributed by atoms with Crippen LogP contribution >= 0.6 is 0 Å².